The molecule has 0 heterocycles. The molecular formula is C19H23NO4S. The minimum atomic E-state index is -3.23. The van der Waals surface area contributed by atoms with Crippen LogP contribution in [-0.2, 0) is 14.6 Å². The third kappa shape index (κ3) is 4.82. The first-order valence-corrected chi connectivity index (χ1v) is 9.83. The van der Waals surface area contributed by atoms with E-state index in [-0.39, 0.29) is 23.5 Å². The van der Waals surface area contributed by atoms with Crippen molar-refractivity contribution in [2.75, 3.05) is 19.9 Å². The third-order valence-corrected chi connectivity index (χ3v) is 5.34. The number of amides is 1. The maximum absolute atomic E-state index is 12.4. The molecule has 5 nitrogen and oxygen atoms in total. The summed E-state index contributed by atoms with van der Waals surface area (Å²) in [5.41, 5.74) is 1.83. The number of aryl methyl sites for hydroxylation is 1. The van der Waals surface area contributed by atoms with Gasteiger partial charge in [0.05, 0.1) is 10.9 Å². The summed E-state index contributed by atoms with van der Waals surface area (Å²) >= 11 is 0. The Morgan fingerprint density at radius 3 is 2.28 bits per heavy atom. The minimum absolute atomic E-state index is 0.0485. The van der Waals surface area contributed by atoms with Gasteiger partial charge in [-0.2, -0.15) is 0 Å². The van der Waals surface area contributed by atoms with Gasteiger partial charge in [-0.25, -0.2) is 8.42 Å². The summed E-state index contributed by atoms with van der Waals surface area (Å²) in [7, 11) is -1.52. The smallest absolute Gasteiger partial charge is 0.260 e. The molecule has 0 saturated heterocycles. The number of carbonyl (C=O) groups excluding carboxylic acids is 1. The zero-order valence-electron chi connectivity index (χ0n) is 14.9. The summed E-state index contributed by atoms with van der Waals surface area (Å²) in [6.45, 7) is 3.77. The second kappa shape index (κ2) is 7.70. The van der Waals surface area contributed by atoms with Gasteiger partial charge in [0.2, 0.25) is 0 Å². The van der Waals surface area contributed by atoms with Crippen LogP contribution in [0.4, 0.5) is 0 Å². The van der Waals surface area contributed by atoms with Crippen molar-refractivity contribution in [3.05, 3.63) is 59.7 Å². The number of ether oxygens (including phenoxy) is 1. The molecular weight excluding hydrogens is 338 g/mol. The lowest BCUT2D eigenvalue weighted by Crippen LogP contribution is -2.33. The molecule has 0 aliphatic rings. The molecule has 25 heavy (non-hydrogen) atoms. The fraction of sp³-hybridized carbons (Fsp3) is 0.316. The van der Waals surface area contributed by atoms with Gasteiger partial charge in [0.25, 0.3) is 5.91 Å². The molecule has 1 atom stereocenters. The fourth-order valence-corrected chi connectivity index (χ4v) is 3.02. The van der Waals surface area contributed by atoms with Crippen LogP contribution in [0.25, 0.3) is 0 Å². The number of hydrogen-bond acceptors (Lipinski definition) is 4. The highest BCUT2D eigenvalue weighted by atomic mass is 32.2. The van der Waals surface area contributed by atoms with Crippen molar-refractivity contribution in [1.82, 2.24) is 4.90 Å². The van der Waals surface area contributed by atoms with Crippen molar-refractivity contribution >= 4 is 15.7 Å². The van der Waals surface area contributed by atoms with Gasteiger partial charge in [-0.05, 0) is 43.2 Å². The largest absolute Gasteiger partial charge is 0.484 e. The molecule has 0 bridgehead atoms. The highest BCUT2D eigenvalue weighted by molar-refractivity contribution is 7.90. The molecule has 1 unspecified atom stereocenters. The van der Waals surface area contributed by atoms with Crippen LogP contribution < -0.4 is 4.74 Å². The molecule has 0 aromatic heterocycles. The van der Waals surface area contributed by atoms with E-state index >= 15 is 0 Å². The molecule has 6 heteroatoms. The lowest BCUT2D eigenvalue weighted by atomic mass is 10.1. The topological polar surface area (TPSA) is 63.7 Å². The van der Waals surface area contributed by atoms with Crippen LogP contribution in [0.3, 0.4) is 0 Å². The molecule has 134 valence electrons. The Balaban J connectivity index is 2.02. The van der Waals surface area contributed by atoms with Crippen molar-refractivity contribution < 1.29 is 17.9 Å². The van der Waals surface area contributed by atoms with Gasteiger partial charge in [-0.3, -0.25) is 4.79 Å². The number of para-hydroxylation sites is 1. The van der Waals surface area contributed by atoms with Crippen molar-refractivity contribution in [3.63, 3.8) is 0 Å². The van der Waals surface area contributed by atoms with Crippen LogP contribution in [0.1, 0.15) is 24.1 Å². The number of carbonyl (C=O) groups is 1. The van der Waals surface area contributed by atoms with Gasteiger partial charge in [0, 0.05) is 13.3 Å². The predicted molar refractivity (Wildman–Crippen MR) is 97.4 cm³/mol. The fourth-order valence-electron chi connectivity index (χ4n) is 2.39. The van der Waals surface area contributed by atoms with E-state index in [1.807, 2.05) is 38.1 Å². The van der Waals surface area contributed by atoms with Crippen molar-refractivity contribution in [2.24, 2.45) is 0 Å². The summed E-state index contributed by atoms with van der Waals surface area (Å²) in [6, 6.07) is 13.9. The molecule has 1 amide bonds. The van der Waals surface area contributed by atoms with Crippen molar-refractivity contribution in [2.45, 2.75) is 24.8 Å². The van der Waals surface area contributed by atoms with E-state index in [4.69, 9.17) is 4.74 Å². The second-order valence-corrected chi connectivity index (χ2v) is 8.09. The number of hydrogen-bond donors (Lipinski definition) is 0. The predicted octanol–water partition coefficient (Wildman–Crippen LogP) is 3.00. The molecule has 0 aliphatic heterocycles. The molecule has 0 aliphatic carbocycles. The van der Waals surface area contributed by atoms with E-state index < -0.39 is 9.84 Å². The Bertz CT molecular complexity index is 844. The lowest BCUT2D eigenvalue weighted by Gasteiger charge is -2.25. The molecule has 0 spiro atoms. The van der Waals surface area contributed by atoms with Gasteiger partial charge in [0.1, 0.15) is 5.75 Å². The quantitative estimate of drug-likeness (QED) is 0.793. The maximum Gasteiger partial charge on any atom is 0.260 e. The number of benzene rings is 2. The van der Waals surface area contributed by atoms with Crippen LogP contribution in [0.2, 0.25) is 0 Å². The van der Waals surface area contributed by atoms with Crippen LogP contribution in [-0.4, -0.2) is 39.1 Å². The molecule has 2 aromatic carbocycles. The van der Waals surface area contributed by atoms with E-state index in [1.54, 1.807) is 36.2 Å². The molecule has 0 saturated carbocycles. The van der Waals surface area contributed by atoms with Gasteiger partial charge < -0.3 is 9.64 Å². The zero-order chi connectivity index (χ0) is 18.6. The number of nitrogens with zero attached hydrogens (tertiary/aromatic N) is 1. The van der Waals surface area contributed by atoms with E-state index in [0.29, 0.717) is 5.75 Å². The van der Waals surface area contributed by atoms with Crippen molar-refractivity contribution in [3.8, 4) is 5.75 Å². The van der Waals surface area contributed by atoms with E-state index in [9.17, 15) is 13.2 Å². The Hall–Kier alpha value is -2.34. The second-order valence-electron chi connectivity index (χ2n) is 6.08. The number of sulfone groups is 1. The van der Waals surface area contributed by atoms with Crippen LogP contribution in [0.5, 0.6) is 5.75 Å². The summed E-state index contributed by atoms with van der Waals surface area (Å²) in [6.07, 6.45) is 1.17. The highest BCUT2D eigenvalue weighted by Gasteiger charge is 2.18. The van der Waals surface area contributed by atoms with Crippen LogP contribution in [0.15, 0.2) is 53.4 Å². The molecule has 2 aromatic rings. The highest BCUT2D eigenvalue weighted by Crippen LogP contribution is 2.21. The Morgan fingerprint density at radius 1 is 1.12 bits per heavy atom. The monoisotopic (exact) mass is 361 g/mol. The lowest BCUT2D eigenvalue weighted by molar-refractivity contribution is -0.134. The number of rotatable bonds is 6. The molecule has 0 N–H and O–H groups in total. The summed E-state index contributed by atoms with van der Waals surface area (Å²) in [5, 5.41) is 0. The average Bonchev–Trinajstić information content (AvgIpc) is 2.59. The van der Waals surface area contributed by atoms with Crippen molar-refractivity contribution in [1.29, 1.82) is 0 Å². The number of likely N-dealkylation sites (N-methyl/N-ethyl adjacent to an activating group) is 1. The van der Waals surface area contributed by atoms with Gasteiger partial charge in [-0.1, -0.05) is 30.3 Å². The summed E-state index contributed by atoms with van der Waals surface area (Å²) in [4.78, 5) is 14.2. The van der Waals surface area contributed by atoms with Gasteiger partial charge in [-0.15, -0.1) is 0 Å². The van der Waals surface area contributed by atoms with Gasteiger partial charge in [0.15, 0.2) is 16.4 Å². The van der Waals surface area contributed by atoms with Gasteiger partial charge >= 0.3 is 0 Å². The van der Waals surface area contributed by atoms with E-state index in [0.717, 1.165) is 11.1 Å². The first-order valence-electron chi connectivity index (χ1n) is 7.94. The molecule has 0 fully saturated rings. The average molecular weight is 361 g/mol. The first kappa shape index (κ1) is 19.0. The van der Waals surface area contributed by atoms with E-state index in [1.165, 1.54) is 6.26 Å². The van der Waals surface area contributed by atoms with Crippen LogP contribution in [0, 0.1) is 6.92 Å². The normalized spacial score (nSPS) is 12.5. The van der Waals surface area contributed by atoms with Crippen LogP contribution >= 0.6 is 0 Å². The summed E-state index contributed by atoms with van der Waals surface area (Å²) < 4.78 is 28.6. The summed E-state index contributed by atoms with van der Waals surface area (Å²) in [5.74, 6) is 0.539. The molecule has 0 radical (unpaired) electrons. The minimum Gasteiger partial charge on any atom is -0.484 e. The SMILES string of the molecule is Cc1ccccc1OCC(=O)N(C)C(C)c1ccc(S(C)(=O)=O)cc1. The maximum atomic E-state index is 12.4. The molecule has 2 rings (SSSR count). The Morgan fingerprint density at radius 2 is 1.72 bits per heavy atom. The Kier molecular flexibility index (Phi) is 5.85. The standard InChI is InChI=1S/C19H23NO4S/c1-14-7-5-6-8-18(14)24-13-19(21)20(3)15(2)16-9-11-17(12-10-16)25(4,22)23/h5-12,15H,13H2,1-4H3. The van der Waals surface area contributed by atoms with E-state index in [2.05, 4.69) is 0 Å². The third-order valence-electron chi connectivity index (χ3n) is 4.21. The first-order chi connectivity index (χ1) is 11.7. The Labute approximate surface area is 149 Å². The zero-order valence-corrected chi connectivity index (χ0v) is 15.7.